The van der Waals surface area contributed by atoms with E-state index in [2.05, 4.69) is 11.9 Å². The Morgan fingerprint density at radius 2 is 1.92 bits per heavy atom. The smallest absolute Gasteiger partial charge is 0.314 e. The van der Waals surface area contributed by atoms with Gasteiger partial charge in [-0.05, 0) is 13.8 Å². The number of rotatable bonds is 2. The fourth-order valence-electron chi connectivity index (χ4n) is 0.311. The first-order valence-electron chi connectivity index (χ1n) is 3.27. The highest BCUT2D eigenvalue weighted by atomic mass is 31.1. The molecule has 0 spiro atoms. The van der Waals surface area contributed by atoms with Crippen LogP contribution in [0.1, 0.15) is 13.8 Å². The molecular weight excluding hydrogens is 181 g/mol. The van der Waals surface area contributed by atoms with E-state index < -0.39 is 8.25 Å². The van der Waals surface area contributed by atoms with Crippen LogP contribution in [0.2, 0.25) is 0 Å². The molecule has 0 aliphatic carbocycles. The van der Waals surface area contributed by atoms with Gasteiger partial charge in [0.2, 0.25) is 5.91 Å². The molecule has 0 aromatic carbocycles. The van der Waals surface area contributed by atoms with E-state index in [0.717, 1.165) is 0 Å². The van der Waals surface area contributed by atoms with Gasteiger partial charge < -0.3 is 15.1 Å². The lowest BCUT2D eigenvalue weighted by atomic mass is 10.3. The standard InChI is InChI=1S/C6H11NO.H3O3P/c1-4-7-6(8)5(2)3;1-4(2)3/h2,4H2,1,3H3,(H,7,8);4H,(H2,1,2,3). The zero-order valence-corrected chi connectivity index (χ0v) is 8.13. The Morgan fingerprint density at radius 1 is 1.58 bits per heavy atom. The van der Waals surface area contributed by atoms with E-state index >= 15 is 0 Å². The maximum Gasteiger partial charge on any atom is 0.314 e. The van der Waals surface area contributed by atoms with Gasteiger partial charge in [-0.25, -0.2) is 0 Å². The van der Waals surface area contributed by atoms with Gasteiger partial charge >= 0.3 is 8.25 Å². The summed E-state index contributed by atoms with van der Waals surface area (Å²) in [6.07, 6.45) is 0. The monoisotopic (exact) mass is 195 g/mol. The average Bonchev–Trinajstić information content (AvgIpc) is 1.86. The lowest BCUT2D eigenvalue weighted by Gasteiger charge is -1.97. The van der Waals surface area contributed by atoms with E-state index in [-0.39, 0.29) is 5.91 Å². The molecule has 0 saturated heterocycles. The second kappa shape index (κ2) is 8.46. The minimum Gasteiger partial charge on any atom is -0.353 e. The van der Waals surface area contributed by atoms with Gasteiger partial charge in [-0.2, -0.15) is 0 Å². The van der Waals surface area contributed by atoms with Crippen LogP contribution in [-0.2, 0) is 9.36 Å². The molecule has 72 valence electrons. The highest BCUT2D eigenvalue weighted by Crippen LogP contribution is 1.98. The van der Waals surface area contributed by atoms with Gasteiger partial charge in [0.1, 0.15) is 0 Å². The van der Waals surface area contributed by atoms with Gasteiger partial charge in [0.05, 0.1) is 0 Å². The third kappa shape index (κ3) is 16.2. The number of nitrogens with one attached hydrogen (secondary N) is 1. The zero-order valence-electron chi connectivity index (χ0n) is 7.13. The second-order valence-electron chi connectivity index (χ2n) is 1.92. The fourth-order valence-corrected chi connectivity index (χ4v) is 0.311. The van der Waals surface area contributed by atoms with Crippen molar-refractivity contribution in [2.45, 2.75) is 13.8 Å². The minimum absolute atomic E-state index is 0.0625. The first-order valence-corrected chi connectivity index (χ1v) is 4.57. The summed E-state index contributed by atoms with van der Waals surface area (Å²) in [5.41, 5.74) is 0.562. The zero-order chi connectivity index (χ0) is 10.1. The Hall–Kier alpha value is -0.640. The van der Waals surface area contributed by atoms with E-state index in [4.69, 9.17) is 14.4 Å². The molecule has 0 radical (unpaired) electrons. The summed E-state index contributed by atoms with van der Waals surface area (Å²) in [5.74, 6) is -0.0625. The van der Waals surface area contributed by atoms with Crippen LogP contribution in [0, 0.1) is 0 Å². The number of carbonyl (C=O) groups is 1. The normalized spacial score (nSPS) is 8.42. The molecule has 0 atom stereocenters. The Balaban J connectivity index is 0. The largest absolute Gasteiger partial charge is 0.353 e. The third-order valence-corrected chi connectivity index (χ3v) is 0.725. The molecule has 1 amide bonds. The summed E-state index contributed by atoms with van der Waals surface area (Å²) in [7, 11) is -3.13. The van der Waals surface area contributed by atoms with E-state index in [1.165, 1.54) is 0 Å². The number of likely N-dealkylation sites (N-methyl/N-ethyl adjacent to an activating group) is 1. The molecule has 0 fully saturated rings. The van der Waals surface area contributed by atoms with Crippen LogP contribution < -0.4 is 5.32 Å². The predicted molar refractivity (Wildman–Crippen MR) is 46.9 cm³/mol. The second-order valence-corrected chi connectivity index (χ2v) is 2.49. The van der Waals surface area contributed by atoms with Crippen LogP contribution in [0.4, 0.5) is 0 Å². The number of amides is 1. The summed E-state index contributed by atoms with van der Waals surface area (Å²) >= 11 is 0. The van der Waals surface area contributed by atoms with E-state index in [1.54, 1.807) is 6.92 Å². The van der Waals surface area contributed by atoms with E-state index in [1.807, 2.05) is 6.92 Å². The molecule has 0 unspecified atom stereocenters. The molecule has 5 nitrogen and oxygen atoms in total. The molecule has 0 heterocycles. The van der Waals surface area contributed by atoms with Gasteiger partial charge in [-0.3, -0.25) is 9.36 Å². The molecule has 0 aliphatic heterocycles. The number of hydrogen-bond acceptors (Lipinski definition) is 2. The minimum atomic E-state index is -3.13. The Morgan fingerprint density at radius 3 is 2.00 bits per heavy atom. The molecule has 0 aromatic heterocycles. The van der Waals surface area contributed by atoms with Gasteiger partial charge in [0, 0.05) is 12.1 Å². The summed E-state index contributed by atoms with van der Waals surface area (Å²) < 4.78 is 8.74. The predicted octanol–water partition coefficient (Wildman–Crippen LogP) is 0.0593. The van der Waals surface area contributed by atoms with E-state index in [0.29, 0.717) is 12.1 Å². The molecule has 0 bridgehead atoms. The maximum atomic E-state index is 10.5. The van der Waals surface area contributed by atoms with Gasteiger partial charge in [0.25, 0.3) is 0 Å². The van der Waals surface area contributed by atoms with Crippen molar-refractivity contribution in [2.75, 3.05) is 6.54 Å². The third-order valence-electron chi connectivity index (χ3n) is 0.725. The maximum absolute atomic E-state index is 10.5. The van der Waals surface area contributed by atoms with E-state index in [9.17, 15) is 4.79 Å². The van der Waals surface area contributed by atoms with Crippen molar-refractivity contribution >= 4 is 14.2 Å². The van der Waals surface area contributed by atoms with Crippen molar-refractivity contribution in [1.29, 1.82) is 0 Å². The molecule has 6 heteroatoms. The Kier molecular flexibility index (Phi) is 9.81. The van der Waals surface area contributed by atoms with Crippen LogP contribution in [0.3, 0.4) is 0 Å². The lowest BCUT2D eigenvalue weighted by Crippen LogP contribution is -2.22. The van der Waals surface area contributed by atoms with Gasteiger partial charge in [0.15, 0.2) is 0 Å². The number of hydrogen-bond donors (Lipinski definition) is 3. The SMILES string of the molecule is C=C(C)C(=O)NCC.O=[PH](O)O. The molecule has 0 saturated carbocycles. The lowest BCUT2D eigenvalue weighted by molar-refractivity contribution is -0.117. The van der Waals surface area contributed by atoms with Crippen LogP contribution in [0.5, 0.6) is 0 Å². The molecule has 0 rings (SSSR count). The van der Waals surface area contributed by atoms with Crippen molar-refractivity contribution in [1.82, 2.24) is 5.32 Å². The van der Waals surface area contributed by atoms with Crippen molar-refractivity contribution in [3.05, 3.63) is 12.2 Å². The quantitative estimate of drug-likeness (QED) is 0.429. The first-order chi connectivity index (χ1) is 5.41. The van der Waals surface area contributed by atoms with Crippen molar-refractivity contribution in [3.8, 4) is 0 Å². The van der Waals surface area contributed by atoms with Gasteiger partial charge in [-0.1, -0.05) is 6.58 Å². The van der Waals surface area contributed by atoms with Crippen molar-refractivity contribution < 1.29 is 19.1 Å². The highest BCUT2D eigenvalue weighted by molar-refractivity contribution is 7.30. The van der Waals surface area contributed by atoms with Crippen LogP contribution in [-0.4, -0.2) is 22.2 Å². The first kappa shape index (κ1) is 13.9. The Bertz CT molecular complexity index is 176. The molecule has 3 N–H and O–H groups in total. The topological polar surface area (TPSA) is 86.6 Å². The summed E-state index contributed by atoms with van der Waals surface area (Å²) in [4.78, 5) is 24.8. The van der Waals surface area contributed by atoms with Crippen LogP contribution in [0.25, 0.3) is 0 Å². The molecule has 0 aliphatic rings. The highest BCUT2D eigenvalue weighted by Gasteiger charge is 1.95. The van der Waals surface area contributed by atoms with Crippen molar-refractivity contribution in [2.24, 2.45) is 0 Å². The fraction of sp³-hybridized carbons (Fsp3) is 0.500. The summed E-state index contributed by atoms with van der Waals surface area (Å²) in [5, 5.41) is 2.61. The average molecular weight is 195 g/mol. The molecular formula is C6H14NO4P. The summed E-state index contributed by atoms with van der Waals surface area (Å²) in [6, 6.07) is 0. The molecule has 0 aromatic rings. The van der Waals surface area contributed by atoms with Crippen LogP contribution in [0.15, 0.2) is 12.2 Å². The van der Waals surface area contributed by atoms with Crippen LogP contribution >= 0.6 is 8.25 Å². The Labute approximate surface area is 72.1 Å². The molecule has 12 heavy (non-hydrogen) atoms. The van der Waals surface area contributed by atoms with Crippen molar-refractivity contribution in [3.63, 3.8) is 0 Å². The summed E-state index contributed by atoms with van der Waals surface area (Å²) in [6.45, 7) is 7.70. The number of carbonyl (C=O) groups excluding carboxylic acids is 1. The van der Waals surface area contributed by atoms with Gasteiger partial charge in [-0.15, -0.1) is 0 Å².